The highest BCUT2D eigenvalue weighted by Gasteiger charge is 2.17. The molecule has 0 aliphatic rings. The number of hydrogen-bond acceptors (Lipinski definition) is 4. The molecule has 1 aromatic rings. The molecule has 0 unspecified atom stereocenters. The zero-order chi connectivity index (χ0) is 15.3. The Balaban J connectivity index is 3.02. The van der Waals surface area contributed by atoms with Gasteiger partial charge in [0.15, 0.2) is 24.7 Å². The summed E-state index contributed by atoms with van der Waals surface area (Å²) in [6, 6.07) is 5.05. The highest BCUT2D eigenvalue weighted by atomic mass is 16.5. The first-order chi connectivity index (χ1) is 9.20. The average Bonchev–Trinajstić information content (AvgIpc) is 2.32. The highest BCUT2D eigenvalue weighted by molar-refractivity contribution is 5.69. The van der Waals surface area contributed by atoms with E-state index in [0.29, 0.717) is 0 Å². The summed E-state index contributed by atoms with van der Waals surface area (Å²) in [5, 5.41) is 17.3. The largest absolute Gasteiger partial charge is 0.479 e. The SMILES string of the molecule is CC(C)(C)c1ccc(OCC(=O)O)c(OCC(=O)O)c1. The lowest BCUT2D eigenvalue weighted by atomic mass is 9.87. The molecule has 0 saturated carbocycles. The first-order valence-electron chi connectivity index (χ1n) is 6.04. The van der Waals surface area contributed by atoms with Crippen LogP contribution in [0.4, 0.5) is 0 Å². The molecule has 1 aromatic carbocycles. The number of hydrogen-bond donors (Lipinski definition) is 2. The van der Waals surface area contributed by atoms with Crippen molar-refractivity contribution in [2.45, 2.75) is 26.2 Å². The van der Waals surface area contributed by atoms with E-state index in [1.54, 1.807) is 18.2 Å². The van der Waals surface area contributed by atoms with Crippen LogP contribution < -0.4 is 9.47 Å². The second kappa shape index (κ2) is 6.27. The van der Waals surface area contributed by atoms with Gasteiger partial charge in [0.1, 0.15) is 0 Å². The first-order valence-corrected chi connectivity index (χ1v) is 6.04. The third-order valence-electron chi connectivity index (χ3n) is 2.51. The van der Waals surface area contributed by atoms with Gasteiger partial charge >= 0.3 is 11.9 Å². The van der Waals surface area contributed by atoms with Crippen molar-refractivity contribution in [2.24, 2.45) is 0 Å². The van der Waals surface area contributed by atoms with Gasteiger partial charge in [-0.05, 0) is 23.1 Å². The van der Waals surface area contributed by atoms with Crippen LogP contribution in [-0.2, 0) is 15.0 Å². The molecule has 0 fully saturated rings. The van der Waals surface area contributed by atoms with Crippen LogP contribution in [0.1, 0.15) is 26.3 Å². The number of aliphatic carboxylic acids is 2. The van der Waals surface area contributed by atoms with Crippen molar-refractivity contribution in [1.29, 1.82) is 0 Å². The molecule has 0 aliphatic carbocycles. The van der Waals surface area contributed by atoms with Gasteiger partial charge in [-0.1, -0.05) is 26.8 Å². The zero-order valence-electron chi connectivity index (χ0n) is 11.7. The Hall–Kier alpha value is -2.24. The number of ether oxygens (including phenoxy) is 2. The molecule has 1 rings (SSSR count). The summed E-state index contributed by atoms with van der Waals surface area (Å²) in [6.45, 7) is 4.97. The quantitative estimate of drug-likeness (QED) is 0.828. The lowest BCUT2D eigenvalue weighted by molar-refractivity contribution is -0.140. The molecule has 110 valence electrons. The maximum atomic E-state index is 10.6. The van der Waals surface area contributed by atoms with Gasteiger partial charge in [-0.2, -0.15) is 0 Å². The molecular formula is C14H18O6. The van der Waals surface area contributed by atoms with E-state index >= 15 is 0 Å². The minimum atomic E-state index is -1.12. The van der Waals surface area contributed by atoms with E-state index in [1.165, 1.54) is 0 Å². The second-order valence-corrected chi connectivity index (χ2v) is 5.28. The third-order valence-corrected chi connectivity index (χ3v) is 2.51. The van der Waals surface area contributed by atoms with Crippen LogP contribution in [0.3, 0.4) is 0 Å². The Morgan fingerprint density at radius 1 is 1.00 bits per heavy atom. The first kappa shape index (κ1) is 15.8. The molecule has 0 bridgehead atoms. The Morgan fingerprint density at radius 3 is 1.95 bits per heavy atom. The van der Waals surface area contributed by atoms with Gasteiger partial charge < -0.3 is 19.7 Å². The van der Waals surface area contributed by atoms with Crippen LogP contribution in [-0.4, -0.2) is 35.4 Å². The van der Waals surface area contributed by atoms with Crippen LogP contribution in [0.25, 0.3) is 0 Å². The Labute approximate surface area is 116 Å². The van der Waals surface area contributed by atoms with E-state index < -0.39 is 25.2 Å². The van der Waals surface area contributed by atoms with Crippen molar-refractivity contribution >= 4 is 11.9 Å². The van der Waals surface area contributed by atoms with Gasteiger partial charge in [-0.25, -0.2) is 9.59 Å². The van der Waals surface area contributed by atoms with E-state index in [9.17, 15) is 9.59 Å². The number of rotatable bonds is 6. The Morgan fingerprint density at radius 2 is 1.50 bits per heavy atom. The third kappa shape index (κ3) is 4.79. The average molecular weight is 282 g/mol. The van der Waals surface area contributed by atoms with Crippen molar-refractivity contribution in [2.75, 3.05) is 13.2 Å². The summed E-state index contributed by atoms with van der Waals surface area (Å²) in [6.07, 6.45) is 0. The number of benzene rings is 1. The van der Waals surface area contributed by atoms with Gasteiger partial charge in [0.2, 0.25) is 0 Å². The summed E-state index contributed by atoms with van der Waals surface area (Å²) >= 11 is 0. The van der Waals surface area contributed by atoms with Crippen LogP contribution >= 0.6 is 0 Å². The maximum Gasteiger partial charge on any atom is 0.341 e. The molecule has 0 spiro atoms. The van der Waals surface area contributed by atoms with Gasteiger partial charge in [-0.15, -0.1) is 0 Å². The summed E-state index contributed by atoms with van der Waals surface area (Å²) in [4.78, 5) is 21.1. The van der Waals surface area contributed by atoms with E-state index in [4.69, 9.17) is 19.7 Å². The fourth-order valence-corrected chi connectivity index (χ4v) is 1.49. The van der Waals surface area contributed by atoms with E-state index in [-0.39, 0.29) is 16.9 Å². The molecule has 0 aliphatic heterocycles. The minimum absolute atomic E-state index is 0.146. The lowest BCUT2D eigenvalue weighted by Crippen LogP contribution is -2.15. The van der Waals surface area contributed by atoms with Gasteiger partial charge in [0.05, 0.1) is 0 Å². The monoisotopic (exact) mass is 282 g/mol. The summed E-state index contributed by atoms with van der Waals surface area (Å²) < 4.78 is 10.2. The molecule has 6 nitrogen and oxygen atoms in total. The van der Waals surface area contributed by atoms with E-state index in [1.807, 2.05) is 20.8 Å². The second-order valence-electron chi connectivity index (χ2n) is 5.28. The Bertz CT molecular complexity index is 501. The predicted molar refractivity (Wildman–Crippen MR) is 71.4 cm³/mol. The predicted octanol–water partition coefficient (Wildman–Crippen LogP) is 1.91. The Kier molecular flexibility index (Phi) is 4.96. The normalized spacial score (nSPS) is 10.9. The van der Waals surface area contributed by atoms with Crippen molar-refractivity contribution < 1.29 is 29.3 Å². The van der Waals surface area contributed by atoms with Crippen molar-refractivity contribution in [3.8, 4) is 11.5 Å². The van der Waals surface area contributed by atoms with Gasteiger partial charge in [0.25, 0.3) is 0 Å². The number of carbonyl (C=O) groups is 2. The van der Waals surface area contributed by atoms with Crippen molar-refractivity contribution in [3.63, 3.8) is 0 Å². The standard InChI is InChI=1S/C14H18O6/c1-14(2,3)9-4-5-10(19-7-12(15)16)11(6-9)20-8-13(17)18/h4-6H,7-8H2,1-3H3,(H,15,16)(H,17,18). The number of carboxylic acids is 2. The molecule has 0 saturated heterocycles. The zero-order valence-corrected chi connectivity index (χ0v) is 11.7. The molecule has 6 heteroatoms. The minimum Gasteiger partial charge on any atom is -0.479 e. The fraction of sp³-hybridized carbons (Fsp3) is 0.429. The molecule has 0 heterocycles. The molecule has 2 N–H and O–H groups in total. The maximum absolute atomic E-state index is 10.6. The van der Waals surface area contributed by atoms with E-state index in [0.717, 1.165) is 5.56 Å². The summed E-state index contributed by atoms with van der Waals surface area (Å²) in [5.41, 5.74) is 0.785. The van der Waals surface area contributed by atoms with Crippen molar-refractivity contribution in [1.82, 2.24) is 0 Å². The topological polar surface area (TPSA) is 93.1 Å². The van der Waals surface area contributed by atoms with E-state index in [2.05, 4.69) is 0 Å². The molecule has 20 heavy (non-hydrogen) atoms. The van der Waals surface area contributed by atoms with Crippen LogP contribution in [0, 0.1) is 0 Å². The smallest absolute Gasteiger partial charge is 0.341 e. The van der Waals surface area contributed by atoms with Gasteiger partial charge in [-0.3, -0.25) is 0 Å². The fourth-order valence-electron chi connectivity index (χ4n) is 1.49. The molecule has 0 amide bonds. The highest BCUT2D eigenvalue weighted by Crippen LogP contribution is 2.33. The van der Waals surface area contributed by atoms with Crippen LogP contribution in [0.15, 0.2) is 18.2 Å². The summed E-state index contributed by atoms with van der Waals surface area (Å²) in [5.74, 6) is -1.80. The molecule has 0 atom stereocenters. The van der Waals surface area contributed by atoms with Crippen LogP contribution in [0.2, 0.25) is 0 Å². The summed E-state index contributed by atoms with van der Waals surface area (Å²) in [7, 11) is 0. The van der Waals surface area contributed by atoms with Crippen molar-refractivity contribution in [3.05, 3.63) is 23.8 Å². The number of carboxylic acid groups (broad SMARTS) is 2. The molecular weight excluding hydrogens is 264 g/mol. The lowest BCUT2D eigenvalue weighted by Gasteiger charge is -2.21. The molecule has 0 aromatic heterocycles. The van der Waals surface area contributed by atoms with Crippen LogP contribution in [0.5, 0.6) is 11.5 Å². The molecule has 0 radical (unpaired) electrons. The van der Waals surface area contributed by atoms with Gasteiger partial charge in [0, 0.05) is 0 Å².